The Morgan fingerprint density at radius 1 is 1.50 bits per heavy atom. The van der Waals surface area contributed by atoms with Crippen LogP contribution in [0.4, 0.5) is 8.78 Å². The van der Waals surface area contributed by atoms with Gasteiger partial charge in [-0.25, -0.2) is 13.1 Å². The fourth-order valence-corrected chi connectivity index (χ4v) is 2.34. The zero-order chi connectivity index (χ0) is 11.4. The lowest BCUT2D eigenvalue weighted by Gasteiger charge is -2.28. The van der Waals surface area contributed by atoms with Crippen molar-refractivity contribution in [2.45, 2.75) is 38.0 Å². The Morgan fingerprint density at radius 2 is 2.00 bits per heavy atom. The van der Waals surface area contributed by atoms with Crippen molar-refractivity contribution < 1.29 is 17.2 Å². The van der Waals surface area contributed by atoms with Crippen LogP contribution in [0, 0.1) is 0 Å². The van der Waals surface area contributed by atoms with Crippen LogP contribution < -0.4 is 4.72 Å². The first-order valence-corrected chi connectivity index (χ1v) is 6.22. The van der Waals surface area contributed by atoms with E-state index in [0.717, 1.165) is 0 Å². The number of rotatable bonds is 6. The van der Waals surface area contributed by atoms with Gasteiger partial charge in [-0.15, -0.1) is 11.6 Å². The molecule has 1 N–H and O–H groups in total. The zero-order valence-corrected chi connectivity index (χ0v) is 9.63. The summed E-state index contributed by atoms with van der Waals surface area (Å²) in [6.45, 7) is 3.26. The Balaban J connectivity index is 4.62. The summed E-state index contributed by atoms with van der Waals surface area (Å²) in [7, 11) is -4.53. The summed E-state index contributed by atoms with van der Waals surface area (Å²) < 4.78 is 47.8. The molecule has 1 unspecified atom stereocenters. The van der Waals surface area contributed by atoms with E-state index in [9.17, 15) is 17.2 Å². The predicted molar refractivity (Wildman–Crippen MR) is 52.1 cm³/mol. The molecule has 0 saturated carbocycles. The monoisotopic (exact) mass is 249 g/mol. The van der Waals surface area contributed by atoms with Gasteiger partial charge in [0.15, 0.2) is 0 Å². The molecule has 7 heteroatoms. The van der Waals surface area contributed by atoms with Gasteiger partial charge < -0.3 is 0 Å². The Hall–Kier alpha value is 0.0600. The molecule has 0 radical (unpaired) electrons. The largest absolute Gasteiger partial charge is 0.350 e. The van der Waals surface area contributed by atoms with Crippen molar-refractivity contribution in [1.29, 1.82) is 0 Å². The van der Waals surface area contributed by atoms with Crippen LogP contribution in [0.5, 0.6) is 0 Å². The van der Waals surface area contributed by atoms with Gasteiger partial charge in [-0.3, -0.25) is 0 Å². The molecule has 1 atom stereocenters. The first-order valence-electron chi connectivity index (χ1n) is 4.14. The molecule has 0 heterocycles. The molecule has 86 valence electrons. The molecular formula is C7H14ClF2NO2S. The van der Waals surface area contributed by atoms with Gasteiger partial charge in [-0.1, -0.05) is 6.92 Å². The second kappa shape index (κ2) is 5.23. The van der Waals surface area contributed by atoms with Crippen molar-refractivity contribution in [2.24, 2.45) is 0 Å². The van der Waals surface area contributed by atoms with Crippen LogP contribution in [0.25, 0.3) is 0 Å². The van der Waals surface area contributed by atoms with E-state index >= 15 is 0 Å². The van der Waals surface area contributed by atoms with Gasteiger partial charge in [-0.2, -0.15) is 8.78 Å². The van der Waals surface area contributed by atoms with E-state index in [2.05, 4.69) is 0 Å². The van der Waals surface area contributed by atoms with Crippen LogP contribution in [-0.2, 0) is 10.0 Å². The Labute approximate surface area is 87.9 Å². The van der Waals surface area contributed by atoms with Crippen molar-refractivity contribution in [1.82, 2.24) is 4.72 Å². The van der Waals surface area contributed by atoms with Crippen LogP contribution >= 0.6 is 11.6 Å². The lowest BCUT2D eigenvalue weighted by molar-refractivity contribution is 0.227. The van der Waals surface area contributed by atoms with E-state index < -0.39 is 21.3 Å². The minimum atomic E-state index is -4.53. The van der Waals surface area contributed by atoms with Gasteiger partial charge in [0.2, 0.25) is 0 Å². The quantitative estimate of drug-likeness (QED) is 0.731. The summed E-state index contributed by atoms with van der Waals surface area (Å²) in [6, 6.07) is 0. The third-order valence-electron chi connectivity index (χ3n) is 2.05. The smallest absolute Gasteiger partial charge is 0.206 e. The van der Waals surface area contributed by atoms with Crippen LogP contribution in [0.3, 0.4) is 0 Å². The topological polar surface area (TPSA) is 46.2 Å². The second-order valence-corrected chi connectivity index (χ2v) is 5.29. The van der Waals surface area contributed by atoms with Crippen LogP contribution in [-0.4, -0.2) is 25.6 Å². The number of halogens is 3. The normalized spacial score (nSPS) is 17.0. The fraction of sp³-hybridized carbons (Fsp3) is 1.00. The molecule has 0 spiro atoms. The SMILES string of the molecule is CCC(C)(CCCl)NS(=O)(=O)C(F)F. The van der Waals surface area contributed by atoms with Crippen molar-refractivity contribution in [3.63, 3.8) is 0 Å². The molecule has 3 nitrogen and oxygen atoms in total. The number of alkyl halides is 3. The summed E-state index contributed by atoms with van der Waals surface area (Å²) in [5.74, 6) is -3.18. The third kappa shape index (κ3) is 4.06. The van der Waals surface area contributed by atoms with Gasteiger partial charge in [0.1, 0.15) is 0 Å². The predicted octanol–water partition coefficient (Wildman–Crippen LogP) is 1.93. The second-order valence-electron chi connectivity index (χ2n) is 3.26. The van der Waals surface area contributed by atoms with Gasteiger partial charge in [-0.05, 0) is 19.8 Å². The summed E-state index contributed by atoms with van der Waals surface area (Å²) in [5.41, 5.74) is -0.892. The lowest BCUT2D eigenvalue weighted by atomic mass is 9.97. The standard InChI is InChI=1S/C7H14ClF2NO2S/c1-3-7(2,4-5-8)11-14(12,13)6(9)10/h6,11H,3-5H2,1-2H3. The van der Waals surface area contributed by atoms with Gasteiger partial charge in [0.05, 0.1) is 0 Å². The maximum atomic E-state index is 12.0. The molecule has 0 aliphatic rings. The number of sulfonamides is 1. The molecule has 0 aliphatic carbocycles. The van der Waals surface area contributed by atoms with Crippen LogP contribution in [0.1, 0.15) is 26.7 Å². The van der Waals surface area contributed by atoms with E-state index in [-0.39, 0.29) is 5.88 Å². The van der Waals surface area contributed by atoms with Gasteiger partial charge in [0, 0.05) is 11.4 Å². The summed E-state index contributed by atoms with van der Waals surface area (Å²) in [5, 5.41) is 0. The highest BCUT2D eigenvalue weighted by Crippen LogP contribution is 2.18. The number of nitrogens with one attached hydrogen (secondary N) is 1. The first kappa shape index (κ1) is 14.1. The van der Waals surface area contributed by atoms with Gasteiger partial charge in [0.25, 0.3) is 10.0 Å². The molecule has 0 rings (SSSR count). The van der Waals surface area contributed by atoms with E-state index in [1.165, 1.54) is 0 Å². The van der Waals surface area contributed by atoms with Crippen molar-refractivity contribution >= 4 is 21.6 Å². The molecule has 0 bridgehead atoms. The van der Waals surface area contributed by atoms with Crippen molar-refractivity contribution in [2.75, 3.05) is 5.88 Å². The molecule has 0 saturated heterocycles. The highest BCUT2D eigenvalue weighted by Gasteiger charge is 2.32. The van der Waals surface area contributed by atoms with E-state index in [4.69, 9.17) is 11.6 Å². The first-order chi connectivity index (χ1) is 6.27. The highest BCUT2D eigenvalue weighted by molar-refractivity contribution is 7.89. The van der Waals surface area contributed by atoms with Gasteiger partial charge >= 0.3 is 5.76 Å². The van der Waals surface area contributed by atoms with Crippen molar-refractivity contribution in [3.8, 4) is 0 Å². The summed E-state index contributed by atoms with van der Waals surface area (Å²) >= 11 is 5.45. The summed E-state index contributed by atoms with van der Waals surface area (Å²) in [4.78, 5) is 0. The molecular weight excluding hydrogens is 236 g/mol. The van der Waals surface area contributed by atoms with E-state index in [1.807, 2.05) is 4.72 Å². The average Bonchev–Trinajstić information content (AvgIpc) is 2.03. The average molecular weight is 250 g/mol. The third-order valence-corrected chi connectivity index (χ3v) is 3.49. The van der Waals surface area contributed by atoms with Crippen LogP contribution in [0.2, 0.25) is 0 Å². The number of hydrogen-bond acceptors (Lipinski definition) is 2. The molecule has 0 aliphatic heterocycles. The van der Waals surface area contributed by atoms with E-state index in [1.54, 1.807) is 13.8 Å². The number of hydrogen-bond donors (Lipinski definition) is 1. The van der Waals surface area contributed by atoms with Crippen molar-refractivity contribution in [3.05, 3.63) is 0 Å². The highest BCUT2D eigenvalue weighted by atomic mass is 35.5. The summed E-state index contributed by atoms with van der Waals surface area (Å²) in [6.07, 6.45) is 0.725. The minimum absolute atomic E-state index is 0.218. The Bertz CT molecular complexity index is 271. The fourth-order valence-electron chi connectivity index (χ4n) is 0.897. The molecule has 14 heavy (non-hydrogen) atoms. The minimum Gasteiger partial charge on any atom is -0.206 e. The lowest BCUT2D eigenvalue weighted by Crippen LogP contribution is -2.47. The molecule has 0 aromatic carbocycles. The maximum Gasteiger partial charge on any atom is 0.350 e. The maximum absolute atomic E-state index is 12.0. The molecule has 0 amide bonds. The molecule has 0 fully saturated rings. The Kier molecular flexibility index (Phi) is 5.25. The molecule has 0 aromatic rings. The Morgan fingerprint density at radius 3 is 2.29 bits per heavy atom. The molecule has 0 aromatic heterocycles. The van der Waals surface area contributed by atoms with Crippen LogP contribution in [0.15, 0.2) is 0 Å². The van der Waals surface area contributed by atoms with E-state index in [0.29, 0.717) is 12.8 Å². The zero-order valence-electron chi connectivity index (χ0n) is 8.06.